The zero-order valence-electron chi connectivity index (χ0n) is 13.1. The van der Waals surface area contributed by atoms with Crippen molar-refractivity contribution in [2.24, 2.45) is 0 Å². The van der Waals surface area contributed by atoms with Crippen LogP contribution >= 0.6 is 0 Å². The molecule has 0 aliphatic rings. The van der Waals surface area contributed by atoms with Crippen LogP contribution in [-0.2, 0) is 16.1 Å². The van der Waals surface area contributed by atoms with Crippen molar-refractivity contribution in [3.8, 4) is 5.75 Å². The number of ether oxygens (including phenoxy) is 2. The van der Waals surface area contributed by atoms with Gasteiger partial charge < -0.3 is 19.4 Å². The van der Waals surface area contributed by atoms with E-state index in [0.29, 0.717) is 6.54 Å². The van der Waals surface area contributed by atoms with Crippen molar-refractivity contribution in [3.05, 3.63) is 54.6 Å². The maximum atomic E-state index is 11.7. The molecule has 0 unspecified atom stereocenters. The van der Waals surface area contributed by atoms with Crippen LogP contribution in [-0.4, -0.2) is 35.9 Å². The van der Waals surface area contributed by atoms with E-state index < -0.39 is 0 Å². The summed E-state index contributed by atoms with van der Waals surface area (Å²) in [6.45, 7) is 1.69. The van der Waals surface area contributed by atoms with E-state index in [1.807, 2.05) is 35.0 Å². The Morgan fingerprint density at radius 3 is 2.87 bits per heavy atom. The second kappa shape index (κ2) is 9.42. The number of rotatable bonds is 9. The fourth-order valence-electron chi connectivity index (χ4n) is 1.93. The molecule has 2 rings (SSSR count). The molecule has 2 aromatic rings. The quantitative estimate of drug-likeness (QED) is 0.437. The van der Waals surface area contributed by atoms with Crippen LogP contribution in [0.4, 0.5) is 0 Å². The fraction of sp³-hybridized carbons (Fsp3) is 0.294. The lowest BCUT2D eigenvalue weighted by atomic mass is 10.2. The van der Waals surface area contributed by atoms with Gasteiger partial charge in [0.15, 0.2) is 6.79 Å². The monoisotopic (exact) mass is 315 g/mol. The molecular formula is C17H21N3O3. The number of methoxy groups -OCH3 is 1. The highest BCUT2D eigenvalue weighted by Gasteiger charge is 1.97. The summed E-state index contributed by atoms with van der Waals surface area (Å²) in [5, 5.41) is 2.85. The number of hydrogen-bond acceptors (Lipinski definition) is 4. The minimum Gasteiger partial charge on any atom is -0.468 e. The molecule has 0 saturated carbocycles. The Morgan fingerprint density at radius 2 is 2.17 bits per heavy atom. The second-order valence-electron chi connectivity index (χ2n) is 4.90. The van der Waals surface area contributed by atoms with E-state index in [9.17, 15) is 4.79 Å². The van der Waals surface area contributed by atoms with Crippen molar-refractivity contribution in [2.75, 3.05) is 20.4 Å². The summed E-state index contributed by atoms with van der Waals surface area (Å²) in [6.07, 6.45) is 9.57. The van der Waals surface area contributed by atoms with Gasteiger partial charge in [-0.3, -0.25) is 4.79 Å². The summed E-state index contributed by atoms with van der Waals surface area (Å²) in [4.78, 5) is 15.7. The van der Waals surface area contributed by atoms with Gasteiger partial charge in [0.25, 0.3) is 0 Å². The molecule has 1 aromatic heterocycles. The maximum Gasteiger partial charge on any atom is 0.244 e. The highest BCUT2D eigenvalue weighted by molar-refractivity contribution is 5.91. The molecule has 1 N–H and O–H groups in total. The van der Waals surface area contributed by atoms with Gasteiger partial charge in [-0.1, -0.05) is 12.1 Å². The average Bonchev–Trinajstić information content (AvgIpc) is 3.09. The molecule has 0 spiro atoms. The molecule has 1 amide bonds. The Balaban J connectivity index is 1.68. The van der Waals surface area contributed by atoms with Crippen LogP contribution in [0.2, 0.25) is 0 Å². The van der Waals surface area contributed by atoms with Crippen molar-refractivity contribution in [2.45, 2.75) is 13.0 Å². The molecule has 23 heavy (non-hydrogen) atoms. The molecule has 0 aliphatic carbocycles. The van der Waals surface area contributed by atoms with Gasteiger partial charge in [-0.05, 0) is 30.2 Å². The van der Waals surface area contributed by atoms with Gasteiger partial charge in [0.2, 0.25) is 5.91 Å². The van der Waals surface area contributed by atoms with Crippen molar-refractivity contribution in [1.82, 2.24) is 14.9 Å². The molecule has 0 atom stereocenters. The maximum absolute atomic E-state index is 11.7. The van der Waals surface area contributed by atoms with Crippen LogP contribution in [0.15, 0.2) is 49.1 Å². The zero-order valence-corrected chi connectivity index (χ0v) is 13.1. The zero-order chi connectivity index (χ0) is 16.3. The summed E-state index contributed by atoms with van der Waals surface area (Å²) in [5.74, 6) is 0.628. The Kier molecular flexibility index (Phi) is 6.87. The average molecular weight is 315 g/mol. The number of benzene rings is 1. The molecule has 0 radical (unpaired) electrons. The number of carbonyl (C=O) groups excluding carboxylic acids is 1. The molecular weight excluding hydrogens is 294 g/mol. The first kappa shape index (κ1) is 16.8. The van der Waals surface area contributed by atoms with E-state index in [-0.39, 0.29) is 12.7 Å². The Morgan fingerprint density at radius 1 is 1.35 bits per heavy atom. The van der Waals surface area contributed by atoms with E-state index in [0.717, 1.165) is 24.3 Å². The van der Waals surface area contributed by atoms with Gasteiger partial charge in [-0.25, -0.2) is 4.98 Å². The van der Waals surface area contributed by atoms with Crippen LogP contribution in [0.1, 0.15) is 12.0 Å². The predicted molar refractivity (Wildman–Crippen MR) is 87.8 cm³/mol. The van der Waals surface area contributed by atoms with Gasteiger partial charge in [0.05, 0.1) is 6.33 Å². The third-order valence-corrected chi connectivity index (χ3v) is 3.10. The largest absolute Gasteiger partial charge is 0.468 e. The van der Waals surface area contributed by atoms with Crippen LogP contribution < -0.4 is 10.1 Å². The summed E-state index contributed by atoms with van der Waals surface area (Å²) in [5.41, 5.74) is 0.934. The van der Waals surface area contributed by atoms with Gasteiger partial charge >= 0.3 is 0 Å². The number of imidazole rings is 1. The predicted octanol–water partition coefficient (Wildman–Crippen LogP) is 2.09. The molecule has 1 aromatic carbocycles. The molecule has 0 saturated heterocycles. The van der Waals surface area contributed by atoms with Gasteiger partial charge in [-0.2, -0.15) is 0 Å². The summed E-state index contributed by atoms with van der Waals surface area (Å²) >= 11 is 0. The highest BCUT2D eigenvalue weighted by atomic mass is 16.7. The minimum absolute atomic E-state index is 0.102. The number of carbonyl (C=O) groups is 1. The lowest BCUT2D eigenvalue weighted by Gasteiger charge is -2.04. The van der Waals surface area contributed by atoms with Gasteiger partial charge in [0.1, 0.15) is 5.75 Å². The summed E-state index contributed by atoms with van der Waals surface area (Å²) in [6, 6.07) is 7.44. The Bertz CT molecular complexity index is 607. The van der Waals surface area contributed by atoms with Crippen molar-refractivity contribution in [3.63, 3.8) is 0 Å². The van der Waals surface area contributed by atoms with Gasteiger partial charge in [0, 0.05) is 38.7 Å². The molecule has 6 heteroatoms. The smallest absolute Gasteiger partial charge is 0.244 e. The topological polar surface area (TPSA) is 65.4 Å². The first-order valence-electron chi connectivity index (χ1n) is 7.41. The van der Waals surface area contributed by atoms with Crippen molar-refractivity contribution < 1.29 is 14.3 Å². The minimum atomic E-state index is -0.102. The lowest BCUT2D eigenvalue weighted by Crippen LogP contribution is -2.22. The second-order valence-corrected chi connectivity index (χ2v) is 4.90. The van der Waals surface area contributed by atoms with Crippen LogP contribution in [0.25, 0.3) is 6.08 Å². The number of aromatic nitrogens is 2. The lowest BCUT2D eigenvalue weighted by molar-refractivity contribution is -0.116. The number of aryl methyl sites for hydroxylation is 1. The number of nitrogens with one attached hydrogen (secondary N) is 1. The van der Waals surface area contributed by atoms with E-state index in [2.05, 4.69) is 10.3 Å². The molecule has 0 fully saturated rings. The Labute approximate surface area is 135 Å². The summed E-state index contributed by atoms with van der Waals surface area (Å²) < 4.78 is 12.1. The van der Waals surface area contributed by atoms with E-state index in [1.54, 1.807) is 25.7 Å². The Hall–Kier alpha value is -2.60. The third kappa shape index (κ3) is 6.36. The van der Waals surface area contributed by atoms with E-state index >= 15 is 0 Å². The third-order valence-electron chi connectivity index (χ3n) is 3.10. The van der Waals surface area contributed by atoms with Crippen LogP contribution in [0.3, 0.4) is 0 Å². The van der Waals surface area contributed by atoms with Gasteiger partial charge in [-0.15, -0.1) is 0 Å². The van der Waals surface area contributed by atoms with Crippen LogP contribution in [0, 0.1) is 0 Å². The number of nitrogens with zero attached hydrogens (tertiary/aromatic N) is 2. The standard InChI is InChI=1S/C17H21N3O3/c1-22-14-23-16-6-3-15(4-7-16)5-8-17(21)19-9-2-11-20-12-10-18-13-20/h3-8,10,12-13H,2,9,11,14H2,1H3,(H,19,21)/b8-5+. The SMILES string of the molecule is COCOc1ccc(/C=C/C(=O)NCCCn2ccnc2)cc1. The van der Waals surface area contributed by atoms with Crippen molar-refractivity contribution >= 4 is 12.0 Å². The summed E-state index contributed by atoms with van der Waals surface area (Å²) in [7, 11) is 1.57. The fourth-order valence-corrected chi connectivity index (χ4v) is 1.93. The molecule has 0 bridgehead atoms. The number of hydrogen-bond donors (Lipinski definition) is 1. The van der Waals surface area contributed by atoms with Crippen LogP contribution in [0.5, 0.6) is 5.75 Å². The molecule has 6 nitrogen and oxygen atoms in total. The highest BCUT2D eigenvalue weighted by Crippen LogP contribution is 2.13. The molecule has 1 heterocycles. The van der Waals surface area contributed by atoms with E-state index in [1.165, 1.54) is 6.08 Å². The molecule has 0 aliphatic heterocycles. The molecule has 122 valence electrons. The van der Waals surface area contributed by atoms with Crippen molar-refractivity contribution in [1.29, 1.82) is 0 Å². The first-order valence-corrected chi connectivity index (χ1v) is 7.41. The first-order chi connectivity index (χ1) is 11.3. The van der Waals surface area contributed by atoms with E-state index in [4.69, 9.17) is 9.47 Å². The normalized spacial score (nSPS) is 10.8. The number of amides is 1.